The summed E-state index contributed by atoms with van der Waals surface area (Å²) in [4.78, 5) is 0. The Hall–Kier alpha value is -0.780. The minimum absolute atomic E-state index is 0.686. The van der Waals surface area contributed by atoms with Gasteiger partial charge in [0.1, 0.15) is 0 Å². The van der Waals surface area contributed by atoms with Crippen LogP contribution in [0.25, 0.3) is 0 Å². The average Bonchev–Trinajstić information content (AvgIpc) is 2.03. The van der Waals surface area contributed by atoms with Gasteiger partial charge in [-0.1, -0.05) is 43.7 Å². The number of aryl methyl sites for hydroxylation is 1. The van der Waals surface area contributed by atoms with E-state index in [1.807, 2.05) is 0 Å². The van der Waals surface area contributed by atoms with E-state index in [4.69, 9.17) is 0 Å². The quantitative estimate of drug-likeness (QED) is 0.637. The molecule has 1 radical (unpaired) electrons. The lowest BCUT2D eigenvalue weighted by atomic mass is 10.0. The van der Waals surface area contributed by atoms with Crippen LogP contribution in [0.1, 0.15) is 25.0 Å². The molecular weight excluding hydrogens is 144 g/mol. The summed E-state index contributed by atoms with van der Waals surface area (Å²) in [6.45, 7) is 6.55. The van der Waals surface area contributed by atoms with Crippen molar-refractivity contribution in [2.75, 3.05) is 0 Å². The fourth-order valence-corrected chi connectivity index (χ4v) is 1.10. The van der Waals surface area contributed by atoms with Crippen LogP contribution < -0.4 is 0 Å². The normalized spacial score (nSPS) is 10.7. The van der Waals surface area contributed by atoms with Crippen molar-refractivity contribution in [1.82, 2.24) is 0 Å². The Labute approximate surface area is 75.6 Å². The Bertz CT molecular complexity index is 218. The second kappa shape index (κ2) is 4.30. The largest absolute Gasteiger partial charge is 0.0625 e. The van der Waals surface area contributed by atoms with E-state index in [9.17, 15) is 0 Å². The second-order valence-electron chi connectivity index (χ2n) is 3.67. The van der Waals surface area contributed by atoms with Gasteiger partial charge >= 0.3 is 0 Å². The van der Waals surface area contributed by atoms with Crippen molar-refractivity contribution in [3.05, 3.63) is 41.8 Å². The molecule has 0 unspecified atom stereocenters. The van der Waals surface area contributed by atoms with Gasteiger partial charge < -0.3 is 0 Å². The summed E-state index contributed by atoms with van der Waals surface area (Å²) in [5.41, 5.74) is 2.75. The van der Waals surface area contributed by atoms with Crippen molar-refractivity contribution in [2.45, 2.75) is 27.2 Å². The predicted molar refractivity (Wildman–Crippen MR) is 54.0 cm³/mol. The molecule has 12 heavy (non-hydrogen) atoms. The van der Waals surface area contributed by atoms with Gasteiger partial charge in [-0.15, -0.1) is 0 Å². The molecule has 1 aromatic carbocycles. The Morgan fingerprint density at radius 3 is 2.25 bits per heavy atom. The first kappa shape index (κ1) is 9.31. The molecule has 0 N–H and O–H groups in total. The Morgan fingerprint density at radius 1 is 1.17 bits per heavy atom. The zero-order chi connectivity index (χ0) is 8.97. The molecule has 0 bridgehead atoms. The van der Waals surface area contributed by atoms with Crippen LogP contribution in [0.15, 0.2) is 24.3 Å². The predicted octanol–water partition coefficient (Wildman–Crippen LogP) is 3.40. The molecule has 0 heteroatoms. The van der Waals surface area contributed by atoms with Crippen LogP contribution in [-0.2, 0) is 6.42 Å². The van der Waals surface area contributed by atoms with E-state index in [0.29, 0.717) is 5.92 Å². The van der Waals surface area contributed by atoms with Crippen molar-refractivity contribution in [2.24, 2.45) is 5.92 Å². The van der Waals surface area contributed by atoms with Gasteiger partial charge in [-0.25, -0.2) is 0 Å². The van der Waals surface area contributed by atoms with Crippen molar-refractivity contribution < 1.29 is 0 Å². The van der Waals surface area contributed by atoms with E-state index in [2.05, 4.69) is 51.5 Å². The van der Waals surface area contributed by atoms with E-state index >= 15 is 0 Å². The number of benzene rings is 1. The lowest BCUT2D eigenvalue weighted by Crippen LogP contribution is -1.92. The van der Waals surface area contributed by atoms with Gasteiger partial charge in [0.15, 0.2) is 0 Å². The third-order valence-corrected chi connectivity index (χ3v) is 1.95. The summed E-state index contributed by atoms with van der Waals surface area (Å²) < 4.78 is 0. The molecule has 0 fully saturated rings. The molecule has 1 rings (SSSR count). The van der Waals surface area contributed by atoms with E-state index in [1.54, 1.807) is 0 Å². The number of rotatable bonds is 3. The van der Waals surface area contributed by atoms with Crippen LogP contribution in [0.2, 0.25) is 0 Å². The highest BCUT2D eigenvalue weighted by molar-refractivity contribution is 5.22. The van der Waals surface area contributed by atoms with Crippen LogP contribution in [0.4, 0.5) is 0 Å². The first-order valence-electron chi connectivity index (χ1n) is 4.57. The molecule has 0 nitrogen and oxygen atoms in total. The van der Waals surface area contributed by atoms with Crippen molar-refractivity contribution in [3.8, 4) is 0 Å². The van der Waals surface area contributed by atoms with E-state index in [1.165, 1.54) is 11.1 Å². The highest BCUT2D eigenvalue weighted by Crippen LogP contribution is 2.08. The molecule has 0 saturated carbocycles. The van der Waals surface area contributed by atoms with Gasteiger partial charge in [-0.05, 0) is 31.2 Å². The molecule has 65 valence electrons. The van der Waals surface area contributed by atoms with Crippen molar-refractivity contribution in [3.63, 3.8) is 0 Å². The smallest absolute Gasteiger partial charge is 0.0245 e. The molecule has 0 saturated heterocycles. The summed E-state index contributed by atoms with van der Waals surface area (Å²) in [5, 5.41) is 0. The van der Waals surface area contributed by atoms with Crippen LogP contribution in [0.3, 0.4) is 0 Å². The van der Waals surface area contributed by atoms with Crippen molar-refractivity contribution in [1.29, 1.82) is 0 Å². The molecule has 0 aliphatic rings. The zero-order valence-electron chi connectivity index (χ0n) is 8.17. The summed E-state index contributed by atoms with van der Waals surface area (Å²) in [5.74, 6) is 0.686. The Morgan fingerprint density at radius 2 is 1.75 bits per heavy atom. The lowest BCUT2D eigenvalue weighted by Gasteiger charge is -2.03. The summed E-state index contributed by atoms with van der Waals surface area (Å²) in [6.07, 6.45) is 3.43. The first-order chi connectivity index (χ1) is 5.68. The van der Waals surface area contributed by atoms with Gasteiger partial charge in [-0.2, -0.15) is 0 Å². The van der Waals surface area contributed by atoms with Gasteiger partial charge in [-0.3, -0.25) is 0 Å². The van der Waals surface area contributed by atoms with Crippen LogP contribution in [0, 0.1) is 19.3 Å². The Balaban J connectivity index is 2.48. The third kappa shape index (κ3) is 3.08. The summed E-state index contributed by atoms with van der Waals surface area (Å²) in [7, 11) is 0. The van der Waals surface area contributed by atoms with Gasteiger partial charge in [0, 0.05) is 0 Å². The molecule has 0 aliphatic carbocycles. The minimum atomic E-state index is 0.686. The zero-order valence-corrected chi connectivity index (χ0v) is 8.17. The maximum atomic E-state index is 2.34. The van der Waals surface area contributed by atoms with E-state index < -0.39 is 0 Å². The summed E-state index contributed by atoms with van der Waals surface area (Å²) >= 11 is 0. The minimum Gasteiger partial charge on any atom is -0.0625 e. The lowest BCUT2D eigenvalue weighted by molar-refractivity contribution is 0.732. The molecule has 0 aromatic heterocycles. The van der Waals surface area contributed by atoms with Gasteiger partial charge in [0.2, 0.25) is 0 Å². The van der Waals surface area contributed by atoms with E-state index in [0.717, 1.165) is 6.42 Å². The van der Waals surface area contributed by atoms with E-state index in [-0.39, 0.29) is 0 Å². The molecule has 0 spiro atoms. The van der Waals surface area contributed by atoms with Crippen LogP contribution >= 0.6 is 0 Å². The maximum Gasteiger partial charge on any atom is -0.0245 e. The van der Waals surface area contributed by atoms with Crippen LogP contribution in [-0.4, -0.2) is 0 Å². The standard InChI is InChI=1S/C12H17/c1-10(2)4-7-12-8-5-11(3)6-9-12/h4-6,8-10H,7H2,1-3H3. The summed E-state index contributed by atoms with van der Waals surface area (Å²) in [6, 6.07) is 8.75. The monoisotopic (exact) mass is 161 g/mol. The highest BCUT2D eigenvalue weighted by atomic mass is 14.0. The van der Waals surface area contributed by atoms with Gasteiger partial charge in [0.05, 0.1) is 0 Å². The highest BCUT2D eigenvalue weighted by Gasteiger charge is 1.96. The molecule has 0 heterocycles. The number of hydrogen-bond acceptors (Lipinski definition) is 0. The second-order valence-corrected chi connectivity index (χ2v) is 3.67. The first-order valence-corrected chi connectivity index (χ1v) is 4.57. The molecule has 1 aromatic rings. The third-order valence-electron chi connectivity index (χ3n) is 1.95. The average molecular weight is 161 g/mol. The fraction of sp³-hybridized carbons (Fsp3) is 0.417. The van der Waals surface area contributed by atoms with Gasteiger partial charge in [0.25, 0.3) is 0 Å². The molecule has 0 amide bonds. The number of hydrogen-bond donors (Lipinski definition) is 0. The maximum absolute atomic E-state index is 2.34. The fourth-order valence-electron chi connectivity index (χ4n) is 1.10. The SMILES string of the molecule is Cc1ccc(C[CH]C(C)C)cc1. The molecule has 0 atom stereocenters. The topological polar surface area (TPSA) is 0 Å². The van der Waals surface area contributed by atoms with Crippen molar-refractivity contribution >= 4 is 0 Å². The molecular formula is C12H17. The van der Waals surface area contributed by atoms with Crippen LogP contribution in [0.5, 0.6) is 0 Å². The molecule has 0 aliphatic heterocycles. The Kier molecular flexibility index (Phi) is 3.33.